The molecule has 0 atom stereocenters. The fourth-order valence-electron chi connectivity index (χ4n) is 3.20. The van der Waals surface area contributed by atoms with E-state index in [1.807, 2.05) is 12.1 Å². The van der Waals surface area contributed by atoms with Gasteiger partial charge in [-0.25, -0.2) is 14.6 Å². The molecular formula is C19H19N7O. The third-order valence-corrected chi connectivity index (χ3v) is 4.82. The third kappa shape index (κ3) is 3.08. The first-order chi connectivity index (χ1) is 13.2. The monoisotopic (exact) mass is 361 g/mol. The number of ether oxygens (including phenoxy) is 1. The van der Waals surface area contributed by atoms with Gasteiger partial charge in [-0.05, 0) is 23.8 Å². The summed E-state index contributed by atoms with van der Waals surface area (Å²) in [5, 5.41) is 12.8. The van der Waals surface area contributed by atoms with Gasteiger partial charge in [-0.1, -0.05) is 24.3 Å². The molecule has 136 valence electrons. The van der Waals surface area contributed by atoms with Gasteiger partial charge in [0.25, 0.3) is 0 Å². The summed E-state index contributed by atoms with van der Waals surface area (Å²) >= 11 is 0. The molecule has 4 heterocycles. The van der Waals surface area contributed by atoms with Crippen LogP contribution in [0.2, 0.25) is 0 Å². The molecule has 3 aromatic heterocycles. The Bertz CT molecular complexity index is 1120. The molecule has 0 saturated carbocycles. The van der Waals surface area contributed by atoms with Gasteiger partial charge in [-0.15, -0.1) is 5.10 Å². The van der Waals surface area contributed by atoms with Gasteiger partial charge in [0.05, 0.1) is 31.5 Å². The normalized spacial score (nSPS) is 15.7. The van der Waals surface area contributed by atoms with Crippen molar-refractivity contribution in [2.75, 3.05) is 25.1 Å². The van der Waals surface area contributed by atoms with Crippen molar-refractivity contribution in [2.45, 2.75) is 13.5 Å². The fraction of sp³-hybridized carbons (Fsp3) is 0.316. The largest absolute Gasteiger partial charge is 0.380 e. The molecule has 0 bridgehead atoms. The summed E-state index contributed by atoms with van der Waals surface area (Å²) in [5.41, 5.74) is 3.46. The molecule has 0 unspecified atom stereocenters. The predicted molar refractivity (Wildman–Crippen MR) is 101 cm³/mol. The highest BCUT2D eigenvalue weighted by atomic mass is 16.5. The molecule has 4 aromatic rings. The Morgan fingerprint density at radius 1 is 1.22 bits per heavy atom. The van der Waals surface area contributed by atoms with Crippen molar-refractivity contribution >= 4 is 28.0 Å². The maximum absolute atomic E-state index is 5.30. The van der Waals surface area contributed by atoms with Crippen molar-refractivity contribution in [2.24, 2.45) is 5.41 Å². The van der Waals surface area contributed by atoms with Crippen molar-refractivity contribution in [3.63, 3.8) is 0 Å². The van der Waals surface area contributed by atoms with Crippen molar-refractivity contribution in [1.82, 2.24) is 29.9 Å². The second-order valence-electron chi connectivity index (χ2n) is 7.34. The third-order valence-electron chi connectivity index (χ3n) is 4.82. The van der Waals surface area contributed by atoms with E-state index in [4.69, 9.17) is 4.74 Å². The molecule has 1 aromatic carbocycles. The first-order valence-electron chi connectivity index (χ1n) is 8.90. The molecule has 0 spiro atoms. The Kier molecular flexibility index (Phi) is 3.71. The van der Waals surface area contributed by atoms with E-state index in [9.17, 15) is 0 Å². The Balaban J connectivity index is 1.41. The van der Waals surface area contributed by atoms with Gasteiger partial charge in [0.2, 0.25) is 5.65 Å². The molecule has 0 radical (unpaired) electrons. The number of aromatic nitrogens is 6. The zero-order chi connectivity index (χ0) is 18.3. The number of hydrogen-bond donors (Lipinski definition) is 1. The second-order valence-corrected chi connectivity index (χ2v) is 7.34. The molecule has 1 saturated heterocycles. The lowest BCUT2D eigenvalue weighted by Gasteiger charge is -2.38. The predicted octanol–water partition coefficient (Wildman–Crippen LogP) is 2.27. The molecule has 1 aliphatic heterocycles. The number of nitrogens with one attached hydrogen (secondary N) is 1. The van der Waals surface area contributed by atoms with Crippen LogP contribution in [0.3, 0.4) is 0 Å². The van der Waals surface area contributed by atoms with Crippen molar-refractivity contribution < 1.29 is 4.74 Å². The molecule has 1 fully saturated rings. The number of anilines is 1. The highest BCUT2D eigenvalue weighted by molar-refractivity contribution is 5.79. The van der Waals surface area contributed by atoms with Crippen LogP contribution in [0.1, 0.15) is 12.5 Å². The molecule has 8 heteroatoms. The van der Waals surface area contributed by atoms with E-state index >= 15 is 0 Å². The Labute approximate surface area is 155 Å². The minimum Gasteiger partial charge on any atom is -0.380 e. The van der Waals surface area contributed by atoms with Crippen molar-refractivity contribution in [1.29, 1.82) is 0 Å². The highest BCUT2D eigenvalue weighted by Crippen LogP contribution is 2.26. The van der Waals surface area contributed by atoms with Gasteiger partial charge >= 0.3 is 0 Å². The van der Waals surface area contributed by atoms with Crippen LogP contribution in [0.15, 0.2) is 42.7 Å². The van der Waals surface area contributed by atoms with E-state index in [0.29, 0.717) is 17.8 Å². The van der Waals surface area contributed by atoms with Crippen LogP contribution < -0.4 is 5.32 Å². The number of rotatable bonds is 5. The average molecular weight is 361 g/mol. The Morgan fingerprint density at radius 2 is 2.15 bits per heavy atom. The Hall–Kier alpha value is -3.13. The molecule has 8 nitrogen and oxygen atoms in total. The summed E-state index contributed by atoms with van der Waals surface area (Å²) in [6.45, 7) is 5.10. The quantitative estimate of drug-likeness (QED) is 0.583. The standard InChI is InChI=1S/C19H19N7O/c1-19(11-27-12-19)10-22-16-8-21-17-18(23-16)26(25-24-17)9-13-4-5-15-14(7-13)3-2-6-20-15/h2-8H,9-12H2,1H3,(H,22,23). The van der Waals surface area contributed by atoms with Crippen LogP contribution in [0, 0.1) is 5.41 Å². The number of benzene rings is 1. The van der Waals surface area contributed by atoms with Crippen LogP contribution in [0.25, 0.3) is 22.2 Å². The van der Waals surface area contributed by atoms with E-state index in [-0.39, 0.29) is 5.41 Å². The topological polar surface area (TPSA) is 90.6 Å². The van der Waals surface area contributed by atoms with Crippen molar-refractivity contribution in [3.8, 4) is 0 Å². The zero-order valence-electron chi connectivity index (χ0n) is 15.0. The Morgan fingerprint density at radius 3 is 3.00 bits per heavy atom. The van der Waals surface area contributed by atoms with E-state index in [1.165, 1.54) is 0 Å². The molecule has 1 N–H and O–H groups in total. The van der Waals surface area contributed by atoms with E-state index in [2.05, 4.69) is 55.7 Å². The maximum atomic E-state index is 5.30. The van der Waals surface area contributed by atoms with E-state index in [0.717, 1.165) is 42.0 Å². The second kappa shape index (κ2) is 6.24. The first kappa shape index (κ1) is 16.1. The molecule has 27 heavy (non-hydrogen) atoms. The lowest BCUT2D eigenvalue weighted by Crippen LogP contribution is -2.45. The summed E-state index contributed by atoms with van der Waals surface area (Å²) in [4.78, 5) is 13.4. The summed E-state index contributed by atoms with van der Waals surface area (Å²) in [5.74, 6) is 0.724. The average Bonchev–Trinajstić information content (AvgIpc) is 3.07. The van der Waals surface area contributed by atoms with Gasteiger partial charge in [0, 0.05) is 23.5 Å². The van der Waals surface area contributed by atoms with Gasteiger partial charge in [0.1, 0.15) is 5.82 Å². The number of nitrogens with zero attached hydrogens (tertiary/aromatic N) is 6. The van der Waals surface area contributed by atoms with Gasteiger partial charge in [-0.2, -0.15) is 0 Å². The van der Waals surface area contributed by atoms with Gasteiger partial charge in [-0.3, -0.25) is 4.98 Å². The van der Waals surface area contributed by atoms with Gasteiger partial charge in [0.15, 0.2) is 5.65 Å². The maximum Gasteiger partial charge on any atom is 0.221 e. The molecule has 0 aliphatic carbocycles. The van der Waals surface area contributed by atoms with Crippen LogP contribution in [0.4, 0.5) is 5.82 Å². The smallest absolute Gasteiger partial charge is 0.221 e. The minimum atomic E-state index is 0.161. The molecule has 0 amide bonds. The van der Waals surface area contributed by atoms with Crippen LogP contribution >= 0.6 is 0 Å². The number of fused-ring (bicyclic) bond motifs is 2. The minimum absolute atomic E-state index is 0.161. The summed E-state index contributed by atoms with van der Waals surface area (Å²) in [6.07, 6.45) is 3.50. The van der Waals surface area contributed by atoms with E-state index < -0.39 is 0 Å². The fourth-order valence-corrected chi connectivity index (χ4v) is 3.20. The SMILES string of the molecule is CC1(CNc2cnc3nnn(Cc4ccc5ncccc5c4)c3n2)COC1. The molecule has 5 rings (SSSR count). The van der Waals surface area contributed by atoms with Crippen LogP contribution in [0.5, 0.6) is 0 Å². The zero-order valence-corrected chi connectivity index (χ0v) is 15.0. The highest BCUT2D eigenvalue weighted by Gasteiger charge is 2.33. The number of pyridine rings is 1. The molecule has 1 aliphatic rings. The van der Waals surface area contributed by atoms with Crippen LogP contribution in [-0.2, 0) is 11.3 Å². The number of hydrogen-bond acceptors (Lipinski definition) is 7. The summed E-state index contributed by atoms with van der Waals surface area (Å²) in [6, 6.07) is 10.2. The first-order valence-corrected chi connectivity index (χ1v) is 8.90. The van der Waals surface area contributed by atoms with Gasteiger partial charge < -0.3 is 10.1 Å². The summed E-state index contributed by atoms with van der Waals surface area (Å²) < 4.78 is 7.07. The molecular weight excluding hydrogens is 342 g/mol. The lowest BCUT2D eigenvalue weighted by atomic mass is 9.89. The van der Waals surface area contributed by atoms with E-state index in [1.54, 1.807) is 17.1 Å². The lowest BCUT2D eigenvalue weighted by molar-refractivity contribution is -0.0924. The van der Waals surface area contributed by atoms with Crippen molar-refractivity contribution in [3.05, 3.63) is 48.3 Å². The summed E-state index contributed by atoms with van der Waals surface area (Å²) in [7, 11) is 0. The van der Waals surface area contributed by atoms with Crippen LogP contribution in [-0.4, -0.2) is 49.7 Å².